The number of anilines is 2. The SMILES string of the molecule is CN(C)c1ccc(NC(=O)c2ccc(Cl)cc2Cl)cc1C(=O)NCc1ccc(F)cc1. The Kier molecular flexibility index (Phi) is 7.15. The lowest BCUT2D eigenvalue weighted by Crippen LogP contribution is -2.25. The Labute approximate surface area is 189 Å². The van der Waals surface area contributed by atoms with Crippen LogP contribution >= 0.6 is 23.2 Å². The van der Waals surface area contributed by atoms with Crippen LogP contribution in [0.25, 0.3) is 0 Å². The topological polar surface area (TPSA) is 61.4 Å². The fourth-order valence-electron chi connectivity index (χ4n) is 2.94. The van der Waals surface area contributed by atoms with Crippen LogP contribution in [0.4, 0.5) is 15.8 Å². The van der Waals surface area contributed by atoms with Crippen molar-refractivity contribution in [3.63, 3.8) is 0 Å². The van der Waals surface area contributed by atoms with E-state index in [4.69, 9.17) is 23.2 Å². The molecule has 0 aliphatic carbocycles. The monoisotopic (exact) mass is 459 g/mol. The minimum Gasteiger partial charge on any atom is -0.377 e. The van der Waals surface area contributed by atoms with Gasteiger partial charge >= 0.3 is 0 Å². The van der Waals surface area contributed by atoms with Crippen molar-refractivity contribution in [2.75, 3.05) is 24.3 Å². The third-order valence-electron chi connectivity index (χ3n) is 4.52. The van der Waals surface area contributed by atoms with Gasteiger partial charge in [-0.1, -0.05) is 35.3 Å². The molecule has 3 rings (SSSR count). The summed E-state index contributed by atoms with van der Waals surface area (Å²) in [6.07, 6.45) is 0. The van der Waals surface area contributed by atoms with Crippen LogP contribution in [0.3, 0.4) is 0 Å². The lowest BCUT2D eigenvalue weighted by molar-refractivity contribution is 0.0950. The summed E-state index contributed by atoms with van der Waals surface area (Å²) in [5, 5.41) is 6.23. The Hall–Kier alpha value is -3.09. The van der Waals surface area contributed by atoms with E-state index in [9.17, 15) is 14.0 Å². The molecule has 0 unspecified atom stereocenters. The molecule has 160 valence electrons. The van der Waals surface area contributed by atoms with Crippen molar-refractivity contribution in [3.05, 3.63) is 93.2 Å². The smallest absolute Gasteiger partial charge is 0.257 e. The Morgan fingerprint density at radius 3 is 2.26 bits per heavy atom. The predicted octanol–water partition coefficient (Wildman–Crippen LogP) is 5.38. The Bertz CT molecular complexity index is 1120. The maximum atomic E-state index is 13.1. The molecule has 3 aromatic carbocycles. The van der Waals surface area contributed by atoms with Crippen molar-refractivity contribution in [3.8, 4) is 0 Å². The van der Waals surface area contributed by atoms with Gasteiger partial charge in [0, 0.05) is 37.0 Å². The Balaban J connectivity index is 1.80. The van der Waals surface area contributed by atoms with Crippen molar-refractivity contribution in [2.45, 2.75) is 6.54 Å². The van der Waals surface area contributed by atoms with Gasteiger partial charge in [-0.3, -0.25) is 9.59 Å². The highest BCUT2D eigenvalue weighted by molar-refractivity contribution is 6.37. The Morgan fingerprint density at radius 2 is 1.61 bits per heavy atom. The van der Waals surface area contributed by atoms with E-state index >= 15 is 0 Å². The van der Waals surface area contributed by atoms with Gasteiger partial charge in [-0.25, -0.2) is 4.39 Å². The minimum absolute atomic E-state index is 0.229. The summed E-state index contributed by atoms with van der Waals surface area (Å²) in [5.74, 6) is -1.08. The number of halogens is 3. The molecule has 0 saturated carbocycles. The zero-order chi connectivity index (χ0) is 22.5. The van der Waals surface area contributed by atoms with E-state index in [1.165, 1.54) is 24.3 Å². The second kappa shape index (κ2) is 9.81. The zero-order valence-electron chi connectivity index (χ0n) is 16.9. The summed E-state index contributed by atoms with van der Waals surface area (Å²) in [6.45, 7) is 0.239. The van der Waals surface area contributed by atoms with Crippen molar-refractivity contribution < 1.29 is 14.0 Å². The molecule has 0 aliphatic heterocycles. The number of hydrogen-bond donors (Lipinski definition) is 2. The fourth-order valence-corrected chi connectivity index (χ4v) is 3.43. The maximum absolute atomic E-state index is 13.1. The number of hydrogen-bond acceptors (Lipinski definition) is 3. The van der Waals surface area contributed by atoms with Crippen LogP contribution in [0.2, 0.25) is 10.0 Å². The van der Waals surface area contributed by atoms with Gasteiger partial charge in [-0.05, 0) is 54.1 Å². The lowest BCUT2D eigenvalue weighted by atomic mass is 10.1. The summed E-state index contributed by atoms with van der Waals surface area (Å²) >= 11 is 12.0. The molecule has 0 saturated heterocycles. The molecule has 0 fully saturated rings. The summed E-state index contributed by atoms with van der Waals surface area (Å²) in [6, 6.07) is 15.5. The fraction of sp³-hybridized carbons (Fsp3) is 0.130. The number of amides is 2. The molecule has 8 heteroatoms. The van der Waals surface area contributed by atoms with E-state index in [2.05, 4.69) is 10.6 Å². The van der Waals surface area contributed by atoms with Crippen molar-refractivity contribution in [1.82, 2.24) is 5.32 Å². The largest absolute Gasteiger partial charge is 0.377 e. The van der Waals surface area contributed by atoms with Crippen molar-refractivity contribution in [1.29, 1.82) is 0 Å². The third-order valence-corrected chi connectivity index (χ3v) is 5.07. The van der Waals surface area contributed by atoms with E-state index in [0.29, 0.717) is 22.0 Å². The van der Waals surface area contributed by atoms with Crippen LogP contribution < -0.4 is 15.5 Å². The van der Waals surface area contributed by atoms with E-state index in [1.54, 1.807) is 41.3 Å². The molecular weight excluding hydrogens is 440 g/mol. The van der Waals surface area contributed by atoms with Gasteiger partial charge in [0.1, 0.15) is 5.82 Å². The van der Waals surface area contributed by atoms with Gasteiger partial charge in [0.05, 0.1) is 16.1 Å². The van der Waals surface area contributed by atoms with E-state index in [1.807, 2.05) is 14.1 Å². The summed E-state index contributed by atoms with van der Waals surface area (Å²) in [4.78, 5) is 27.3. The van der Waals surface area contributed by atoms with Gasteiger partial charge in [-0.15, -0.1) is 0 Å². The number of carbonyl (C=O) groups is 2. The van der Waals surface area contributed by atoms with Gasteiger partial charge in [0.2, 0.25) is 0 Å². The van der Waals surface area contributed by atoms with Crippen LogP contribution in [0, 0.1) is 5.82 Å². The molecule has 0 atom stereocenters. The molecule has 31 heavy (non-hydrogen) atoms. The molecule has 0 aliphatic rings. The van der Waals surface area contributed by atoms with Crippen LogP contribution in [0.1, 0.15) is 26.3 Å². The minimum atomic E-state index is -0.419. The molecule has 0 aromatic heterocycles. The molecule has 0 heterocycles. The normalized spacial score (nSPS) is 10.5. The zero-order valence-corrected chi connectivity index (χ0v) is 18.4. The number of nitrogens with one attached hydrogen (secondary N) is 2. The van der Waals surface area contributed by atoms with E-state index in [0.717, 1.165) is 5.56 Å². The average molecular weight is 460 g/mol. The first kappa shape index (κ1) is 22.6. The first-order valence-corrected chi connectivity index (χ1v) is 10.1. The van der Waals surface area contributed by atoms with Crippen LogP contribution in [0.15, 0.2) is 60.7 Å². The molecule has 0 spiro atoms. The highest BCUT2D eigenvalue weighted by Crippen LogP contribution is 2.25. The van der Waals surface area contributed by atoms with Gasteiger partial charge in [0.25, 0.3) is 11.8 Å². The van der Waals surface area contributed by atoms with Crippen LogP contribution in [-0.4, -0.2) is 25.9 Å². The molecule has 2 amide bonds. The van der Waals surface area contributed by atoms with Crippen molar-refractivity contribution >= 4 is 46.4 Å². The van der Waals surface area contributed by atoms with Gasteiger partial charge in [0.15, 0.2) is 0 Å². The Morgan fingerprint density at radius 1 is 0.903 bits per heavy atom. The van der Waals surface area contributed by atoms with Crippen LogP contribution in [-0.2, 0) is 6.54 Å². The number of rotatable bonds is 6. The maximum Gasteiger partial charge on any atom is 0.257 e. The molecule has 5 nitrogen and oxygen atoms in total. The van der Waals surface area contributed by atoms with Gasteiger partial charge in [-0.2, -0.15) is 0 Å². The summed E-state index contributed by atoms with van der Waals surface area (Å²) in [7, 11) is 3.63. The highest BCUT2D eigenvalue weighted by atomic mass is 35.5. The molecular formula is C23H20Cl2FN3O2. The van der Waals surface area contributed by atoms with Gasteiger partial charge < -0.3 is 15.5 Å². The van der Waals surface area contributed by atoms with Crippen molar-refractivity contribution in [2.24, 2.45) is 0 Å². The average Bonchev–Trinajstić information content (AvgIpc) is 2.72. The predicted molar refractivity (Wildman–Crippen MR) is 123 cm³/mol. The van der Waals surface area contributed by atoms with E-state index in [-0.39, 0.29) is 28.9 Å². The third kappa shape index (κ3) is 5.75. The molecule has 0 bridgehead atoms. The molecule has 0 radical (unpaired) electrons. The molecule has 3 aromatic rings. The second-order valence-electron chi connectivity index (χ2n) is 7.01. The first-order valence-electron chi connectivity index (χ1n) is 9.35. The van der Waals surface area contributed by atoms with E-state index < -0.39 is 5.91 Å². The summed E-state index contributed by atoms with van der Waals surface area (Å²) in [5.41, 5.74) is 2.54. The lowest BCUT2D eigenvalue weighted by Gasteiger charge is -2.19. The molecule has 2 N–H and O–H groups in total. The quantitative estimate of drug-likeness (QED) is 0.519. The summed E-state index contributed by atoms with van der Waals surface area (Å²) < 4.78 is 13.1. The number of benzene rings is 3. The number of carbonyl (C=O) groups excluding carboxylic acids is 2. The van der Waals surface area contributed by atoms with Crippen LogP contribution in [0.5, 0.6) is 0 Å². The number of nitrogens with zero attached hydrogens (tertiary/aromatic N) is 1. The standard InChI is InChI=1S/C23H20Cl2FN3O2/c1-29(2)21-10-8-17(28-23(31)18-9-5-15(24)11-20(18)25)12-19(21)22(30)27-13-14-3-6-16(26)7-4-14/h3-12H,13H2,1-2H3,(H,27,30)(H,28,31). The first-order chi connectivity index (χ1) is 14.7. The second-order valence-corrected chi connectivity index (χ2v) is 7.86. The highest BCUT2D eigenvalue weighted by Gasteiger charge is 2.16.